The number of rotatable bonds is 5. The number of aromatic hydroxyl groups is 1. The predicted octanol–water partition coefficient (Wildman–Crippen LogP) is 0.556. The molecule has 0 spiro atoms. The first-order valence-corrected chi connectivity index (χ1v) is 5.86. The van der Waals surface area contributed by atoms with Crippen LogP contribution in [0.1, 0.15) is 17.2 Å². The van der Waals surface area contributed by atoms with E-state index < -0.39 is 0 Å². The van der Waals surface area contributed by atoms with Gasteiger partial charge in [-0.25, -0.2) is 4.98 Å². The molecule has 0 atom stereocenters. The first-order valence-electron chi connectivity index (χ1n) is 5.86. The molecule has 0 radical (unpaired) electrons. The lowest BCUT2D eigenvalue weighted by molar-refractivity contribution is 0.459. The lowest BCUT2D eigenvalue weighted by Crippen LogP contribution is -2.18. The van der Waals surface area contributed by atoms with Crippen LogP contribution in [-0.2, 0) is 20.0 Å². The largest absolute Gasteiger partial charge is 0.506 e. The smallest absolute Gasteiger partial charge is 0.151 e. The number of aryl methyl sites for hydroxylation is 2. The average molecular weight is 247 g/mol. The second-order valence-corrected chi connectivity index (χ2v) is 4.18. The van der Waals surface area contributed by atoms with Gasteiger partial charge in [-0.15, -0.1) is 0 Å². The Hall–Kier alpha value is -1.95. The van der Waals surface area contributed by atoms with Crippen LogP contribution in [0.25, 0.3) is 0 Å². The Kier molecular flexibility index (Phi) is 3.88. The van der Waals surface area contributed by atoms with Crippen molar-refractivity contribution in [3.8, 4) is 5.75 Å². The van der Waals surface area contributed by atoms with Crippen molar-refractivity contribution in [2.45, 2.75) is 19.9 Å². The van der Waals surface area contributed by atoms with Crippen LogP contribution < -0.4 is 5.32 Å². The lowest BCUT2D eigenvalue weighted by Gasteiger charge is -2.05. The Balaban J connectivity index is 1.80. The monoisotopic (exact) mass is 247 g/mol. The molecule has 2 rings (SSSR count). The molecule has 0 unspecified atom stereocenters. The summed E-state index contributed by atoms with van der Waals surface area (Å²) in [6.07, 6.45) is 2.44. The molecule has 2 N–H and O–H groups in total. The first kappa shape index (κ1) is 12.5. The SMILES string of the molecule is Cc1ccc(O)c(CNCCc2ncn(C)n2)n1. The van der Waals surface area contributed by atoms with E-state index in [1.165, 1.54) is 0 Å². The van der Waals surface area contributed by atoms with Gasteiger partial charge < -0.3 is 10.4 Å². The van der Waals surface area contributed by atoms with E-state index in [4.69, 9.17) is 0 Å². The third kappa shape index (κ3) is 3.27. The molecular weight excluding hydrogens is 230 g/mol. The van der Waals surface area contributed by atoms with Crippen LogP contribution in [0.4, 0.5) is 0 Å². The summed E-state index contributed by atoms with van der Waals surface area (Å²) in [7, 11) is 1.85. The number of nitrogens with one attached hydrogen (secondary N) is 1. The maximum atomic E-state index is 9.62. The zero-order chi connectivity index (χ0) is 13.0. The van der Waals surface area contributed by atoms with Gasteiger partial charge in [0, 0.05) is 32.3 Å². The highest BCUT2D eigenvalue weighted by Crippen LogP contribution is 2.13. The minimum Gasteiger partial charge on any atom is -0.506 e. The van der Waals surface area contributed by atoms with Gasteiger partial charge in [-0.3, -0.25) is 9.67 Å². The quantitative estimate of drug-likeness (QED) is 0.755. The fourth-order valence-corrected chi connectivity index (χ4v) is 1.64. The van der Waals surface area contributed by atoms with E-state index >= 15 is 0 Å². The summed E-state index contributed by atoms with van der Waals surface area (Å²) in [5.41, 5.74) is 1.57. The van der Waals surface area contributed by atoms with Crippen molar-refractivity contribution in [1.82, 2.24) is 25.1 Å². The predicted molar refractivity (Wildman–Crippen MR) is 67.1 cm³/mol. The Morgan fingerprint density at radius 1 is 1.39 bits per heavy atom. The van der Waals surface area contributed by atoms with Crippen LogP contribution in [0.3, 0.4) is 0 Å². The minimum absolute atomic E-state index is 0.226. The molecule has 0 amide bonds. The van der Waals surface area contributed by atoms with Crippen molar-refractivity contribution >= 4 is 0 Å². The number of nitrogens with zero attached hydrogens (tertiary/aromatic N) is 4. The molecule has 0 aliphatic carbocycles. The molecule has 6 heteroatoms. The molecule has 18 heavy (non-hydrogen) atoms. The molecule has 0 aliphatic rings. The van der Waals surface area contributed by atoms with E-state index in [0.29, 0.717) is 12.2 Å². The third-order valence-electron chi connectivity index (χ3n) is 2.55. The Labute approximate surface area is 106 Å². The molecule has 0 fully saturated rings. The van der Waals surface area contributed by atoms with Gasteiger partial charge in [0.15, 0.2) is 5.82 Å². The first-order chi connectivity index (χ1) is 8.65. The van der Waals surface area contributed by atoms with E-state index in [2.05, 4.69) is 20.4 Å². The maximum Gasteiger partial charge on any atom is 0.151 e. The Morgan fingerprint density at radius 2 is 2.22 bits per heavy atom. The molecule has 2 aromatic heterocycles. The van der Waals surface area contributed by atoms with Crippen LogP contribution in [-0.4, -0.2) is 31.4 Å². The van der Waals surface area contributed by atoms with Crippen LogP contribution in [0.15, 0.2) is 18.5 Å². The van der Waals surface area contributed by atoms with E-state index in [0.717, 1.165) is 24.5 Å². The minimum atomic E-state index is 0.226. The fraction of sp³-hybridized carbons (Fsp3) is 0.417. The Bertz CT molecular complexity index is 523. The van der Waals surface area contributed by atoms with E-state index in [9.17, 15) is 5.11 Å². The molecule has 0 aliphatic heterocycles. The Morgan fingerprint density at radius 3 is 2.94 bits per heavy atom. The van der Waals surface area contributed by atoms with Crippen molar-refractivity contribution in [2.24, 2.45) is 7.05 Å². The second kappa shape index (κ2) is 5.59. The van der Waals surface area contributed by atoms with Crippen molar-refractivity contribution in [3.63, 3.8) is 0 Å². The number of pyridine rings is 1. The molecule has 96 valence electrons. The van der Waals surface area contributed by atoms with Gasteiger partial charge in [0.1, 0.15) is 12.1 Å². The topological polar surface area (TPSA) is 75.9 Å². The van der Waals surface area contributed by atoms with Crippen molar-refractivity contribution < 1.29 is 5.11 Å². The number of hydrogen-bond acceptors (Lipinski definition) is 5. The standard InChI is InChI=1S/C12H17N5O/c1-9-3-4-11(18)10(15-9)7-13-6-5-12-14-8-17(2)16-12/h3-4,8,13,18H,5-7H2,1-2H3. The molecular formula is C12H17N5O. The number of aromatic nitrogens is 4. The zero-order valence-corrected chi connectivity index (χ0v) is 10.6. The molecule has 6 nitrogen and oxygen atoms in total. The van der Waals surface area contributed by atoms with E-state index in [1.54, 1.807) is 23.1 Å². The maximum absolute atomic E-state index is 9.62. The van der Waals surface area contributed by atoms with Gasteiger partial charge in [-0.2, -0.15) is 5.10 Å². The van der Waals surface area contributed by atoms with Gasteiger partial charge in [0.05, 0.1) is 5.69 Å². The number of hydrogen-bond donors (Lipinski definition) is 2. The molecule has 2 aromatic rings. The zero-order valence-electron chi connectivity index (χ0n) is 10.6. The van der Waals surface area contributed by atoms with Gasteiger partial charge in [-0.05, 0) is 19.1 Å². The summed E-state index contributed by atoms with van der Waals surface area (Å²) in [6, 6.07) is 3.45. The highest BCUT2D eigenvalue weighted by Gasteiger charge is 2.03. The average Bonchev–Trinajstić information content (AvgIpc) is 2.75. The summed E-state index contributed by atoms with van der Waals surface area (Å²) < 4.78 is 1.68. The summed E-state index contributed by atoms with van der Waals surface area (Å²) >= 11 is 0. The molecule has 0 saturated carbocycles. The fourth-order valence-electron chi connectivity index (χ4n) is 1.64. The molecule has 0 saturated heterocycles. The van der Waals surface area contributed by atoms with Crippen molar-refractivity contribution in [2.75, 3.05) is 6.54 Å². The summed E-state index contributed by atoms with van der Waals surface area (Å²) in [4.78, 5) is 8.41. The summed E-state index contributed by atoms with van der Waals surface area (Å²) in [5, 5.41) is 17.0. The van der Waals surface area contributed by atoms with Gasteiger partial charge in [-0.1, -0.05) is 0 Å². The van der Waals surface area contributed by atoms with Gasteiger partial charge >= 0.3 is 0 Å². The second-order valence-electron chi connectivity index (χ2n) is 4.18. The summed E-state index contributed by atoms with van der Waals surface area (Å²) in [6.45, 7) is 3.19. The van der Waals surface area contributed by atoms with Gasteiger partial charge in [0.2, 0.25) is 0 Å². The molecule has 2 heterocycles. The lowest BCUT2D eigenvalue weighted by atomic mass is 10.3. The highest BCUT2D eigenvalue weighted by atomic mass is 16.3. The molecule has 0 aromatic carbocycles. The van der Waals surface area contributed by atoms with E-state index in [1.807, 2.05) is 14.0 Å². The normalized spacial score (nSPS) is 10.8. The van der Waals surface area contributed by atoms with E-state index in [-0.39, 0.29) is 5.75 Å². The third-order valence-corrected chi connectivity index (χ3v) is 2.55. The van der Waals surface area contributed by atoms with Crippen molar-refractivity contribution in [3.05, 3.63) is 35.7 Å². The van der Waals surface area contributed by atoms with Crippen LogP contribution in [0, 0.1) is 6.92 Å². The highest BCUT2D eigenvalue weighted by molar-refractivity contribution is 5.27. The van der Waals surface area contributed by atoms with Gasteiger partial charge in [0.25, 0.3) is 0 Å². The van der Waals surface area contributed by atoms with Crippen LogP contribution in [0.5, 0.6) is 5.75 Å². The molecule has 0 bridgehead atoms. The van der Waals surface area contributed by atoms with Crippen molar-refractivity contribution in [1.29, 1.82) is 0 Å². The summed E-state index contributed by atoms with van der Waals surface area (Å²) in [5.74, 6) is 1.04. The van der Waals surface area contributed by atoms with Crippen LogP contribution in [0.2, 0.25) is 0 Å². The van der Waals surface area contributed by atoms with Crippen LogP contribution >= 0.6 is 0 Å².